The van der Waals surface area contributed by atoms with E-state index in [1.807, 2.05) is 24.3 Å². The number of aromatic amines is 2. The van der Waals surface area contributed by atoms with Gasteiger partial charge in [-0.1, -0.05) is 12.1 Å². The van der Waals surface area contributed by atoms with Crippen LogP contribution in [0.3, 0.4) is 0 Å². The lowest BCUT2D eigenvalue weighted by Gasteiger charge is -2.15. The average Bonchev–Trinajstić information content (AvgIpc) is 3.21. The predicted octanol–water partition coefficient (Wildman–Crippen LogP) is 0.449. The van der Waals surface area contributed by atoms with Crippen molar-refractivity contribution in [3.05, 3.63) is 56.9 Å². The first-order valence-electron chi connectivity index (χ1n) is 8.25. The molecule has 1 aliphatic heterocycles. The van der Waals surface area contributed by atoms with E-state index in [2.05, 4.69) is 15.0 Å². The third-order valence-electron chi connectivity index (χ3n) is 4.45. The van der Waals surface area contributed by atoms with E-state index < -0.39 is 29.7 Å². The fourth-order valence-corrected chi connectivity index (χ4v) is 3.09. The maximum absolute atomic E-state index is 12.1. The number of H-pyrrole nitrogens is 2. The molecule has 3 heterocycles. The Kier molecular flexibility index (Phi) is 4.09. The number of benzene rings is 1. The molecule has 1 aliphatic rings. The molecule has 0 bridgehead atoms. The van der Waals surface area contributed by atoms with Gasteiger partial charge in [0.25, 0.3) is 11.6 Å². The molecular weight excluding hydrogens is 340 g/mol. The summed E-state index contributed by atoms with van der Waals surface area (Å²) in [6.07, 6.45) is 0.0129. The number of aliphatic hydroxyl groups is 1. The van der Waals surface area contributed by atoms with Crippen molar-refractivity contribution in [2.24, 2.45) is 0 Å². The number of ether oxygens (including phenoxy) is 2. The second-order valence-electron chi connectivity index (χ2n) is 6.24. The maximum atomic E-state index is 12.1. The summed E-state index contributed by atoms with van der Waals surface area (Å²) in [6, 6.07) is 7.83. The molecule has 9 nitrogen and oxygen atoms in total. The van der Waals surface area contributed by atoms with Gasteiger partial charge in [0.05, 0.1) is 17.6 Å². The first kappa shape index (κ1) is 16.6. The number of imidazole rings is 1. The van der Waals surface area contributed by atoms with E-state index in [0.29, 0.717) is 18.0 Å². The summed E-state index contributed by atoms with van der Waals surface area (Å²) in [6.45, 7) is 1.34. The molecule has 1 aromatic carbocycles. The SMILES string of the molecule is Cc1cn([C@H]2C[C@H](Oc3nc4ccccc4[nH]3)[C@@H](CO)O2)c(=O)[nH]c1=O. The molecule has 2 aromatic heterocycles. The van der Waals surface area contributed by atoms with Crippen LogP contribution in [0.15, 0.2) is 40.1 Å². The van der Waals surface area contributed by atoms with Gasteiger partial charge in [-0.25, -0.2) is 4.79 Å². The Morgan fingerprint density at radius 3 is 2.92 bits per heavy atom. The molecule has 9 heteroatoms. The first-order chi connectivity index (χ1) is 12.5. The van der Waals surface area contributed by atoms with E-state index in [0.717, 1.165) is 11.0 Å². The minimum atomic E-state index is -0.649. The van der Waals surface area contributed by atoms with E-state index in [4.69, 9.17) is 9.47 Å². The van der Waals surface area contributed by atoms with E-state index >= 15 is 0 Å². The van der Waals surface area contributed by atoms with Crippen molar-refractivity contribution in [1.82, 2.24) is 19.5 Å². The van der Waals surface area contributed by atoms with Crippen LogP contribution in [0.1, 0.15) is 18.2 Å². The molecule has 3 N–H and O–H groups in total. The summed E-state index contributed by atoms with van der Waals surface area (Å²) in [4.78, 5) is 33.3. The van der Waals surface area contributed by atoms with Crippen LogP contribution >= 0.6 is 0 Å². The van der Waals surface area contributed by atoms with Crippen LogP contribution in [0.25, 0.3) is 11.0 Å². The lowest BCUT2D eigenvalue weighted by molar-refractivity contribution is -0.0430. The summed E-state index contributed by atoms with van der Waals surface area (Å²) >= 11 is 0. The van der Waals surface area contributed by atoms with Gasteiger partial charge in [0.1, 0.15) is 18.4 Å². The molecule has 136 valence electrons. The van der Waals surface area contributed by atoms with Gasteiger partial charge < -0.3 is 19.6 Å². The predicted molar refractivity (Wildman–Crippen MR) is 92.2 cm³/mol. The largest absolute Gasteiger partial charge is 0.458 e. The first-order valence-corrected chi connectivity index (χ1v) is 8.25. The van der Waals surface area contributed by atoms with Crippen LogP contribution in [0.2, 0.25) is 0 Å². The normalized spacial score (nSPS) is 22.8. The zero-order valence-corrected chi connectivity index (χ0v) is 14.0. The molecule has 0 saturated carbocycles. The number of nitrogens with one attached hydrogen (secondary N) is 2. The fourth-order valence-electron chi connectivity index (χ4n) is 3.09. The van der Waals surface area contributed by atoms with Crippen molar-refractivity contribution in [3.8, 4) is 6.01 Å². The van der Waals surface area contributed by atoms with Crippen LogP contribution in [-0.2, 0) is 4.74 Å². The Bertz CT molecular complexity index is 1020. The van der Waals surface area contributed by atoms with Gasteiger partial charge in [-0.3, -0.25) is 14.3 Å². The summed E-state index contributed by atoms with van der Waals surface area (Å²) in [5.74, 6) is 0. The Morgan fingerprint density at radius 1 is 1.35 bits per heavy atom. The van der Waals surface area contributed by atoms with Crippen molar-refractivity contribution < 1.29 is 14.6 Å². The van der Waals surface area contributed by atoms with E-state index in [1.165, 1.54) is 10.8 Å². The lowest BCUT2D eigenvalue weighted by atomic mass is 10.2. The van der Waals surface area contributed by atoms with Crippen molar-refractivity contribution in [2.45, 2.75) is 31.8 Å². The van der Waals surface area contributed by atoms with Crippen LogP contribution in [-0.4, -0.2) is 43.4 Å². The highest BCUT2D eigenvalue weighted by Crippen LogP contribution is 2.30. The van der Waals surface area contributed by atoms with Crippen LogP contribution in [0.5, 0.6) is 6.01 Å². The summed E-state index contributed by atoms with van der Waals surface area (Å²) < 4.78 is 12.9. The van der Waals surface area contributed by atoms with Gasteiger partial charge in [-0.2, -0.15) is 4.98 Å². The molecule has 1 fully saturated rings. The number of hydrogen-bond acceptors (Lipinski definition) is 6. The van der Waals surface area contributed by atoms with Gasteiger partial charge in [-0.05, 0) is 19.1 Å². The van der Waals surface area contributed by atoms with Gasteiger partial charge in [0, 0.05) is 18.2 Å². The molecule has 26 heavy (non-hydrogen) atoms. The molecule has 3 aromatic rings. The number of aliphatic hydroxyl groups excluding tert-OH is 1. The molecule has 0 radical (unpaired) electrons. The molecule has 0 aliphatic carbocycles. The standard InChI is InChI=1S/C17H18N4O5/c1-9-7-21(17(24)20-15(9)23)14-6-12(13(8-22)25-14)26-16-18-10-4-2-3-5-11(10)19-16/h2-5,7,12-14,22H,6,8H2,1H3,(H,18,19)(H,20,23,24)/t12-,13+,14+/m0/s1. The Hall–Kier alpha value is -2.91. The highest BCUT2D eigenvalue weighted by molar-refractivity contribution is 5.75. The van der Waals surface area contributed by atoms with E-state index in [9.17, 15) is 14.7 Å². The van der Waals surface area contributed by atoms with Gasteiger partial charge >= 0.3 is 5.69 Å². The van der Waals surface area contributed by atoms with Crippen molar-refractivity contribution in [1.29, 1.82) is 0 Å². The van der Waals surface area contributed by atoms with Gasteiger partial charge in [-0.15, -0.1) is 0 Å². The Morgan fingerprint density at radius 2 is 2.15 bits per heavy atom. The number of aromatic nitrogens is 4. The molecular formula is C17H18N4O5. The zero-order chi connectivity index (χ0) is 18.3. The number of hydrogen-bond donors (Lipinski definition) is 3. The van der Waals surface area contributed by atoms with Gasteiger partial charge in [0.15, 0.2) is 0 Å². The average molecular weight is 358 g/mol. The molecule has 0 amide bonds. The third kappa shape index (κ3) is 2.91. The second kappa shape index (κ2) is 6.43. The molecule has 0 unspecified atom stereocenters. The van der Waals surface area contributed by atoms with E-state index in [1.54, 1.807) is 6.92 Å². The number of aryl methyl sites for hydroxylation is 1. The summed E-state index contributed by atoms with van der Waals surface area (Å²) in [5.41, 5.74) is 1.01. The number of nitrogens with zero attached hydrogens (tertiary/aromatic N) is 2. The number of para-hydroxylation sites is 2. The summed E-state index contributed by atoms with van der Waals surface area (Å²) in [7, 11) is 0. The van der Waals surface area contributed by atoms with Crippen molar-refractivity contribution in [3.63, 3.8) is 0 Å². The second-order valence-corrected chi connectivity index (χ2v) is 6.24. The van der Waals surface area contributed by atoms with Crippen LogP contribution in [0, 0.1) is 6.92 Å². The smallest absolute Gasteiger partial charge is 0.330 e. The minimum absolute atomic E-state index is 0.265. The number of fused-ring (bicyclic) bond motifs is 1. The fraction of sp³-hybridized carbons (Fsp3) is 0.353. The zero-order valence-electron chi connectivity index (χ0n) is 14.0. The highest BCUT2D eigenvalue weighted by Gasteiger charge is 2.38. The molecule has 1 saturated heterocycles. The lowest BCUT2D eigenvalue weighted by Crippen LogP contribution is -2.33. The van der Waals surface area contributed by atoms with Crippen LogP contribution in [0.4, 0.5) is 0 Å². The van der Waals surface area contributed by atoms with E-state index in [-0.39, 0.29) is 6.61 Å². The molecule has 0 spiro atoms. The summed E-state index contributed by atoms with van der Waals surface area (Å²) in [5, 5.41) is 9.61. The van der Waals surface area contributed by atoms with Crippen molar-refractivity contribution in [2.75, 3.05) is 6.61 Å². The minimum Gasteiger partial charge on any atom is -0.458 e. The molecule has 4 rings (SSSR count). The molecule has 3 atom stereocenters. The quantitative estimate of drug-likeness (QED) is 0.622. The topological polar surface area (TPSA) is 122 Å². The van der Waals surface area contributed by atoms with Gasteiger partial charge in [0.2, 0.25) is 0 Å². The Labute approximate surface area is 147 Å². The third-order valence-corrected chi connectivity index (χ3v) is 4.45. The maximum Gasteiger partial charge on any atom is 0.330 e. The number of rotatable bonds is 4. The van der Waals surface area contributed by atoms with Crippen LogP contribution < -0.4 is 16.0 Å². The monoisotopic (exact) mass is 358 g/mol. The van der Waals surface area contributed by atoms with Crippen molar-refractivity contribution >= 4 is 11.0 Å². The Balaban J connectivity index is 1.58. The highest BCUT2D eigenvalue weighted by atomic mass is 16.6.